The van der Waals surface area contributed by atoms with Gasteiger partial charge in [-0.15, -0.1) is 21.5 Å². The molecule has 0 unspecified atom stereocenters. The third kappa shape index (κ3) is 1.99. The van der Waals surface area contributed by atoms with Crippen LogP contribution < -0.4 is 0 Å². The third-order valence-electron chi connectivity index (χ3n) is 3.98. The molecule has 0 aliphatic rings. The molecule has 5 rings (SSSR count). The summed E-state index contributed by atoms with van der Waals surface area (Å²) in [6.45, 7) is 0. The van der Waals surface area contributed by atoms with E-state index in [9.17, 15) is 0 Å². The highest BCUT2D eigenvalue weighted by Crippen LogP contribution is 2.33. The Morgan fingerprint density at radius 1 is 0.696 bits per heavy atom. The molecule has 0 amide bonds. The number of nitrogens with zero attached hydrogens (tertiary/aromatic N) is 3. The fourth-order valence-electron chi connectivity index (χ4n) is 2.84. The summed E-state index contributed by atoms with van der Waals surface area (Å²) < 4.78 is 2.46. The largest absolute Gasteiger partial charge is 0.245 e. The van der Waals surface area contributed by atoms with Gasteiger partial charge in [-0.3, -0.25) is 0 Å². The molecule has 3 aromatic heterocycles. The smallest absolute Gasteiger partial charge is 0.112 e. The molecule has 3 heterocycles. The van der Waals surface area contributed by atoms with E-state index in [-0.39, 0.29) is 0 Å². The maximum Gasteiger partial charge on any atom is 0.112 e. The first-order chi connectivity index (χ1) is 11.4. The van der Waals surface area contributed by atoms with Crippen molar-refractivity contribution in [1.82, 2.24) is 15.2 Å². The van der Waals surface area contributed by atoms with E-state index >= 15 is 0 Å². The Bertz CT molecular complexity index is 1180. The van der Waals surface area contributed by atoms with Crippen LogP contribution in [0.3, 0.4) is 0 Å². The van der Waals surface area contributed by atoms with Gasteiger partial charge in [0.25, 0.3) is 0 Å². The Morgan fingerprint density at radius 3 is 2.57 bits per heavy atom. The summed E-state index contributed by atoms with van der Waals surface area (Å²) >= 11 is 1.77. The fourth-order valence-corrected chi connectivity index (χ4v) is 3.89. The lowest BCUT2D eigenvalue weighted by Crippen LogP contribution is -1.91. The summed E-state index contributed by atoms with van der Waals surface area (Å²) in [6.07, 6.45) is 0. The first-order valence-corrected chi connectivity index (χ1v) is 8.21. The molecule has 23 heavy (non-hydrogen) atoms. The first-order valence-electron chi connectivity index (χ1n) is 7.40. The highest BCUT2D eigenvalue weighted by molar-refractivity contribution is 7.25. The van der Waals surface area contributed by atoms with Gasteiger partial charge in [-0.1, -0.05) is 36.4 Å². The number of aromatic nitrogens is 3. The summed E-state index contributed by atoms with van der Waals surface area (Å²) in [7, 11) is 0. The highest BCUT2D eigenvalue weighted by Gasteiger charge is 2.09. The molecular formula is C19H11N3S. The van der Waals surface area contributed by atoms with E-state index in [1.54, 1.807) is 11.3 Å². The lowest BCUT2D eigenvalue weighted by Gasteiger charge is -2.02. The van der Waals surface area contributed by atoms with E-state index < -0.39 is 0 Å². The average Bonchev–Trinajstić information content (AvgIpc) is 2.99. The number of rotatable bonds is 1. The minimum atomic E-state index is 0.806. The second-order valence-corrected chi connectivity index (χ2v) is 6.51. The molecule has 0 spiro atoms. The van der Waals surface area contributed by atoms with Gasteiger partial charge in [-0.25, -0.2) is 4.98 Å². The molecule has 4 heteroatoms. The summed E-state index contributed by atoms with van der Waals surface area (Å²) in [5.41, 5.74) is 3.61. The van der Waals surface area contributed by atoms with E-state index in [1.165, 1.54) is 14.8 Å². The van der Waals surface area contributed by atoms with Crippen molar-refractivity contribution in [2.45, 2.75) is 0 Å². The second kappa shape index (κ2) is 4.83. The van der Waals surface area contributed by atoms with Gasteiger partial charge in [0.1, 0.15) is 5.69 Å². The quantitative estimate of drug-likeness (QED) is 0.434. The van der Waals surface area contributed by atoms with Gasteiger partial charge in [0, 0.05) is 15.5 Å². The zero-order valence-corrected chi connectivity index (χ0v) is 12.9. The topological polar surface area (TPSA) is 38.7 Å². The van der Waals surface area contributed by atoms with Crippen LogP contribution in [0.1, 0.15) is 0 Å². The SMILES string of the molecule is c1ccc2nnc(-c3ccc4sc5ccccc5c4n3)cc2c1. The van der Waals surface area contributed by atoms with Crippen molar-refractivity contribution in [2.75, 3.05) is 0 Å². The van der Waals surface area contributed by atoms with Crippen LogP contribution in [-0.4, -0.2) is 15.2 Å². The second-order valence-electron chi connectivity index (χ2n) is 5.43. The van der Waals surface area contributed by atoms with Crippen LogP contribution in [0.25, 0.3) is 42.6 Å². The molecular weight excluding hydrogens is 302 g/mol. The molecule has 0 fully saturated rings. The van der Waals surface area contributed by atoms with Crippen LogP contribution >= 0.6 is 11.3 Å². The number of hydrogen-bond acceptors (Lipinski definition) is 4. The lowest BCUT2D eigenvalue weighted by molar-refractivity contribution is 1.07. The van der Waals surface area contributed by atoms with Crippen LogP contribution in [-0.2, 0) is 0 Å². The first kappa shape index (κ1) is 12.7. The van der Waals surface area contributed by atoms with Crippen molar-refractivity contribution in [2.24, 2.45) is 0 Å². The zero-order valence-electron chi connectivity index (χ0n) is 12.1. The summed E-state index contributed by atoms with van der Waals surface area (Å²) in [6, 6.07) is 22.6. The Balaban J connectivity index is 1.76. The minimum Gasteiger partial charge on any atom is -0.245 e. The highest BCUT2D eigenvalue weighted by atomic mass is 32.1. The molecule has 3 nitrogen and oxygen atoms in total. The molecule has 0 aliphatic carbocycles. The minimum absolute atomic E-state index is 0.806. The predicted molar refractivity (Wildman–Crippen MR) is 95.7 cm³/mol. The molecule has 0 N–H and O–H groups in total. The molecule has 0 saturated carbocycles. The molecule has 0 radical (unpaired) electrons. The van der Waals surface area contributed by atoms with Gasteiger partial charge in [0.05, 0.1) is 21.4 Å². The lowest BCUT2D eigenvalue weighted by atomic mass is 10.1. The van der Waals surface area contributed by atoms with Crippen molar-refractivity contribution < 1.29 is 0 Å². The maximum atomic E-state index is 4.85. The predicted octanol–water partition coefficient (Wildman–Crippen LogP) is 5.06. The van der Waals surface area contributed by atoms with E-state index in [1.807, 2.05) is 36.4 Å². The number of benzene rings is 2. The van der Waals surface area contributed by atoms with E-state index in [2.05, 4.69) is 40.5 Å². The normalized spacial score (nSPS) is 11.5. The van der Waals surface area contributed by atoms with Crippen molar-refractivity contribution in [1.29, 1.82) is 0 Å². The monoisotopic (exact) mass is 313 g/mol. The summed E-state index contributed by atoms with van der Waals surface area (Å²) in [4.78, 5) is 4.85. The van der Waals surface area contributed by atoms with Crippen LogP contribution in [0.2, 0.25) is 0 Å². The molecule has 5 aromatic rings. The van der Waals surface area contributed by atoms with E-state index in [0.29, 0.717) is 0 Å². The van der Waals surface area contributed by atoms with Gasteiger partial charge in [0.2, 0.25) is 0 Å². The molecule has 0 aliphatic heterocycles. The number of fused-ring (bicyclic) bond motifs is 4. The molecule has 2 aromatic carbocycles. The van der Waals surface area contributed by atoms with Crippen LogP contribution in [0.15, 0.2) is 66.7 Å². The average molecular weight is 313 g/mol. The molecule has 0 saturated heterocycles. The molecule has 0 atom stereocenters. The summed E-state index contributed by atoms with van der Waals surface area (Å²) in [5.74, 6) is 0. The standard InChI is InChI=1S/C19H11N3S/c1-3-7-14-12(5-1)11-16(22-21-14)15-9-10-18-19(20-15)13-6-2-4-8-17(13)23-18/h1-11H. The fraction of sp³-hybridized carbons (Fsp3) is 0. The Kier molecular flexibility index (Phi) is 2.66. The van der Waals surface area contributed by atoms with Gasteiger partial charge in [-0.2, -0.15) is 0 Å². The van der Waals surface area contributed by atoms with Crippen molar-refractivity contribution in [3.63, 3.8) is 0 Å². The van der Waals surface area contributed by atoms with Gasteiger partial charge >= 0.3 is 0 Å². The van der Waals surface area contributed by atoms with Gasteiger partial charge in [0.15, 0.2) is 0 Å². The zero-order chi connectivity index (χ0) is 15.2. The third-order valence-corrected chi connectivity index (χ3v) is 5.10. The Morgan fingerprint density at radius 2 is 1.57 bits per heavy atom. The van der Waals surface area contributed by atoms with Gasteiger partial charge < -0.3 is 0 Å². The maximum absolute atomic E-state index is 4.85. The number of hydrogen-bond donors (Lipinski definition) is 0. The molecule has 0 bridgehead atoms. The van der Waals surface area contributed by atoms with E-state index in [4.69, 9.17) is 4.98 Å². The summed E-state index contributed by atoms with van der Waals surface area (Å²) in [5, 5.41) is 10.9. The van der Waals surface area contributed by atoms with Crippen LogP contribution in [0.5, 0.6) is 0 Å². The van der Waals surface area contributed by atoms with Crippen molar-refractivity contribution >= 4 is 42.5 Å². The van der Waals surface area contributed by atoms with Crippen molar-refractivity contribution in [3.8, 4) is 11.4 Å². The Hall–Kier alpha value is -2.85. The van der Waals surface area contributed by atoms with Crippen LogP contribution in [0.4, 0.5) is 0 Å². The Labute approximate surface area is 136 Å². The number of pyridine rings is 1. The van der Waals surface area contributed by atoms with Crippen molar-refractivity contribution in [3.05, 3.63) is 66.7 Å². The molecule has 108 valence electrons. The number of thiophene rings is 1. The van der Waals surface area contributed by atoms with E-state index in [0.717, 1.165) is 27.8 Å². The van der Waals surface area contributed by atoms with Crippen LogP contribution in [0, 0.1) is 0 Å². The van der Waals surface area contributed by atoms with Gasteiger partial charge in [-0.05, 0) is 30.3 Å².